The van der Waals surface area contributed by atoms with Gasteiger partial charge in [-0.05, 0) is 13.8 Å². The number of carbonyl (C=O) groups excluding carboxylic acids is 3. The molecule has 0 N–H and O–H groups in total. The molecular weight excluding hydrogens is 188 g/mol. The molecule has 0 aliphatic rings. The van der Waals surface area contributed by atoms with E-state index in [1.807, 2.05) is 0 Å². The SMILES string of the molecule is CCOC(=O)[C@H](CC(C)=O)CC(=O)[O-]. The van der Waals surface area contributed by atoms with Crippen molar-refractivity contribution in [2.45, 2.75) is 26.7 Å². The molecule has 5 nitrogen and oxygen atoms in total. The first kappa shape index (κ1) is 12.6. The highest BCUT2D eigenvalue weighted by molar-refractivity contribution is 5.85. The molecule has 0 fully saturated rings. The molecule has 0 aromatic rings. The van der Waals surface area contributed by atoms with Gasteiger partial charge in [0.15, 0.2) is 0 Å². The van der Waals surface area contributed by atoms with Crippen LogP contribution in [0.3, 0.4) is 0 Å². The summed E-state index contributed by atoms with van der Waals surface area (Å²) in [6, 6.07) is 0. The van der Waals surface area contributed by atoms with E-state index in [0.29, 0.717) is 0 Å². The quantitative estimate of drug-likeness (QED) is 0.530. The summed E-state index contributed by atoms with van der Waals surface area (Å²) in [5, 5.41) is 10.3. The molecule has 0 aromatic heterocycles. The molecule has 0 saturated carbocycles. The van der Waals surface area contributed by atoms with Gasteiger partial charge in [-0.2, -0.15) is 0 Å². The lowest BCUT2D eigenvalue weighted by Crippen LogP contribution is -2.30. The second-order valence-electron chi connectivity index (χ2n) is 2.93. The van der Waals surface area contributed by atoms with Crippen LogP contribution in [0, 0.1) is 5.92 Å². The minimum Gasteiger partial charge on any atom is -0.550 e. The predicted octanol–water partition coefficient (Wildman–Crippen LogP) is -0.715. The highest BCUT2D eigenvalue weighted by Crippen LogP contribution is 2.11. The molecule has 0 aliphatic heterocycles. The number of Topliss-reactive ketones (excluding diaryl/α,β-unsaturated/α-hetero) is 1. The van der Waals surface area contributed by atoms with Gasteiger partial charge in [0.05, 0.1) is 12.5 Å². The molecule has 5 heteroatoms. The van der Waals surface area contributed by atoms with E-state index in [-0.39, 0.29) is 18.8 Å². The van der Waals surface area contributed by atoms with Crippen LogP contribution in [0.1, 0.15) is 26.7 Å². The number of rotatable bonds is 6. The highest BCUT2D eigenvalue weighted by Gasteiger charge is 2.21. The van der Waals surface area contributed by atoms with Crippen LogP contribution >= 0.6 is 0 Å². The molecule has 0 saturated heterocycles. The van der Waals surface area contributed by atoms with Crippen molar-refractivity contribution in [1.29, 1.82) is 0 Å². The Kier molecular flexibility index (Phi) is 5.52. The van der Waals surface area contributed by atoms with Crippen LogP contribution in [-0.4, -0.2) is 24.3 Å². The number of carboxylic acid groups (broad SMARTS) is 1. The zero-order chi connectivity index (χ0) is 11.1. The average Bonchev–Trinajstić information content (AvgIpc) is 2.01. The second kappa shape index (κ2) is 6.12. The van der Waals surface area contributed by atoms with Crippen LogP contribution in [0.2, 0.25) is 0 Å². The molecule has 0 spiro atoms. The second-order valence-corrected chi connectivity index (χ2v) is 2.93. The minimum atomic E-state index is -1.36. The first-order valence-electron chi connectivity index (χ1n) is 4.33. The average molecular weight is 201 g/mol. The van der Waals surface area contributed by atoms with Crippen LogP contribution in [0.15, 0.2) is 0 Å². The highest BCUT2D eigenvalue weighted by atomic mass is 16.5. The summed E-state index contributed by atoms with van der Waals surface area (Å²) in [4.78, 5) is 32.1. The molecule has 0 bridgehead atoms. The molecule has 80 valence electrons. The Morgan fingerprint density at radius 3 is 2.21 bits per heavy atom. The van der Waals surface area contributed by atoms with Crippen molar-refractivity contribution in [3.05, 3.63) is 0 Å². The van der Waals surface area contributed by atoms with Crippen molar-refractivity contribution < 1.29 is 24.2 Å². The van der Waals surface area contributed by atoms with E-state index < -0.39 is 24.3 Å². The molecular formula is C9H13O5-. The third-order valence-electron chi connectivity index (χ3n) is 1.57. The van der Waals surface area contributed by atoms with Crippen molar-refractivity contribution in [3.8, 4) is 0 Å². The van der Waals surface area contributed by atoms with Gasteiger partial charge in [-0.3, -0.25) is 4.79 Å². The maximum Gasteiger partial charge on any atom is 0.309 e. The molecule has 14 heavy (non-hydrogen) atoms. The van der Waals surface area contributed by atoms with Crippen molar-refractivity contribution in [2.75, 3.05) is 6.61 Å². The molecule has 0 aromatic carbocycles. The van der Waals surface area contributed by atoms with Crippen molar-refractivity contribution in [1.82, 2.24) is 0 Å². The predicted molar refractivity (Wildman–Crippen MR) is 45.0 cm³/mol. The van der Waals surface area contributed by atoms with Crippen LogP contribution < -0.4 is 5.11 Å². The van der Waals surface area contributed by atoms with E-state index in [1.54, 1.807) is 6.92 Å². The fourth-order valence-corrected chi connectivity index (χ4v) is 1.05. The fraction of sp³-hybridized carbons (Fsp3) is 0.667. The lowest BCUT2D eigenvalue weighted by atomic mass is 9.99. The number of aliphatic carboxylic acids is 1. The number of esters is 1. The summed E-state index contributed by atoms with van der Waals surface area (Å²) in [6.45, 7) is 3.07. The van der Waals surface area contributed by atoms with E-state index in [2.05, 4.69) is 4.74 Å². The number of ketones is 1. The maximum absolute atomic E-state index is 11.1. The summed E-state index contributed by atoms with van der Waals surface area (Å²) in [5.74, 6) is -3.18. The van der Waals surface area contributed by atoms with Gasteiger partial charge < -0.3 is 19.4 Å². The summed E-state index contributed by atoms with van der Waals surface area (Å²) in [5.41, 5.74) is 0. The van der Waals surface area contributed by atoms with Crippen LogP contribution in [-0.2, 0) is 19.1 Å². The molecule has 1 atom stereocenters. The zero-order valence-electron chi connectivity index (χ0n) is 8.24. The molecule has 0 amide bonds. The Morgan fingerprint density at radius 1 is 1.29 bits per heavy atom. The number of carbonyl (C=O) groups is 3. The number of hydrogen-bond donors (Lipinski definition) is 0. The minimum absolute atomic E-state index is 0.118. The van der Waals surface area contributed by atoms with E-state index in [1.165, 1.54) is 6.92 Å². The van der Waals surface area contributed by atoms with Gasteiger partial charge in [-0.25, -0.2) is 0 Å². The smallest absolute Gasteiger partial charge is 0.309 e. The first-order valence-corrected chi connectivity index (χ1v) is 4.33. The van der Waals surface area contributed by atoms with Crippen LogP contribution in [0.25, 0.3) is 0 Å². The van der Waals surface area contributed by atoms with Crippen molar-refractivity contribution in [2.24, 2.45) is 5.92 Å². The number of hydrogen-bond acceptors (Lipinski definition) is 5. The van der Waals surface area contributed by atoms with Gasteiger partial charge in [0, 0.05) is 18.8 Å². The summed E-state index contributed by atoms with van der Waals surface area (Å²) < 4.78 is 4.62. The fourth-order valence-electron chi connectivity index (χ4n) is 1.05. The van der Waals surface area contributed by atoms with E-state index in [4.69, 9.17) is 0 Å². The zero-order valence-corrected chi connectivity index (χ0v) is 8.24. The van der Waals surface area contributed by atoms with Gasteiger partial charge >= 0.3 is 5.97 Å². The largest absolute Gasteiger partial charge is 0.550 e. The van der Waals surface area contributed by atoms with E-state index in [9.17, 15) is 19.5 Å². The normalized spacial score (nSPS) is 11.9. The monoisotopic (exact) mass is 201 g/mol. The molecule has 0 unspecified atom stereocenters. The van der Waals surface area contributed by atoms with Crippen molar-refractivity contribution in [3.63, 3.8) is 0 Å². The molecule has 0 rings (SSSR count). The summed E-state index contributed by atoms with van der Waals surface area (Å²) >= 11 is 0. The van der Waals surface area contributed by atoms with E-state index >= 15 is 0 Å². The third-order valence-corrected chi connectivity index (χ3v) is 1.57. The topological polar surface area (TPSA) is 83.5 Å². The standard InChI is InChI=1S/C9H14O5/c1-3-14-9(13)7(4-6(2)10)5-8(11)12/h7H,3-5H2,1-2H3,(H,11,12)/p-1/t7-/m1/s1. The Bertz CT molecular complexity index is 217. The third kappa shape index (κ3) is 5.29. The van der Waals surface area contributed by atoms with Gasteiger partial charge in [-0.1, -0.05) is 0 Å². The number of carboxylic acids is 1. The summed E-state index contributed by atoms with van der Waals surface area (Å²) in [7, 11) is 0. The van der Waals surface area contributed by atoms with E-state index in [0.717, 1.165) is 0 Å². The first-order chi connectivity index (χ1) is 6.47. The van der Waals surface area contributed by atoms with Gasteiger partial charge in [0.1, 0.15) is 5.78 Å². The summed E-state index contributed by atoms with van der Waals surface area (Å²) in [6.07, 6.45) is -0.592. The van der Waals surface area contributed by atoms with Gasteiger partial charge in [0.2, 0.25) is 0 Å². The Labute approximate surface area is 82.1 Å². The Balaban J connectivity index is 4.29. The molecule has 0 heterocycles. The number of ether oxygens (including phenoxy) is 1. The maximum atomic E-state index is 11.1. The van der Waals surface area contributed by atoms with Crippen LogP contribution in [0.4, 0.5) is 0 Å². The Morgan fingerprint density at radius 2 is 1.86 bits per heavy atom. The van der Waals surface area contributed by atoms with Crippen LogP contribution in [0.5, 0.6) is 0 Å². The Hall–Kier alpha value is -1.39. The van der Waals surface area contributed by atoms with Crippen molar-refractivity contribution >= 4 is 17.7 Å². The van der Waals surface area contributed by atoms with Gasteiger partial charge in [-0.15, -0.1) is 0 Å². The van der Waals surface area contributed by atoms with Gasteiger partial charge in [0.25, 0.3) is 0 Å². The molecule has 0 radical (unpaired) electrons. The lowest BCUT2D eigenvalue weighted by molar-refractivity contribution is -0.306. The lowest BCUT2D eigenvalue weighted by Gasteiger charge is -2.14. The molecule has 0 aliphatic carbocycles.